The van der Waals surface area contributed by atoms with E-state index in [-0.39, 0.29) is 0 Å². The van der Waals surface area contributed by atoms with Gasteiger partial charge in [0.25, 0.3) is 0 Å². The highest BCUT2D eigenvalue weighted by Crippen LogP contribution is 2.31. The predicted molar refractivity (Wildman–Crippen MR) is 55.2 cm³/mol. The molecule has 14 heavy (non-hydrogen) atoms. The quantitative estimate of drug-likeness (QED) is 0.638. The number of epoxide rings is 1. The molecule has 0 amide bonds. The topological polar surface area (TPSA) is 25.4 Å². The van der Waals surface area contributed by atoms with E-state index in [9.17, 15) is 0 Å². The second-order valence-electron chi connectivity index (χ2n) is 3.73. The predicted octanol–water partition coefficient (Wildman–Crippen LogP) is 2.61. The Morgan fingerprint density at radius 3 is 2.93 bits per heavy atom. The smallest absolute Gasteiger partial charge is 0.106 e. The average molecular weight is 185 g/mol. The minimum atomic E-state index is 0.334. The molecule has 2 nitrogen and oxygen atoms in total. The van der Waals surface area contributed by atoms with Gasteiger partial charge in [-0.3, -0.25) is 4.98 Å². The third kappa shape index (κ3) is 1.28. The molecule has 1 aromatic heterocycles. The molecular formula is C12H11NO. The lowest BCUT2D eigenvalue weighted by atomic mass is 10.1. The van der Waals surface area contributed by atoms with E-state index in [1.165, 1.54) is 10.9 Å². The summed E-state index contributed by atoms with van der Waals surface area (Å²) in [6, 6.07) is 10.5. The molecule has 0 radical (unpaired) electrons. The van der Waals surface area contributed by atoms with Crippen molar-refractivity contribution >= 4 is 10.9 Å². The normalized spacial score (nSPS) is 19.9. The van der Waals surface area contributed by atoms with E-state index in [0.717, 1.165) is 17.8 Å². The van der Waals surface area contributed by atoms with Crippen molar-refractivity contribution in [3.8, 4) is 0 Å². The summed E-state index contributed by atoms with van der Waals surface area (Å²) in [4.78, 5) is 4.46. The molecule has 1 aliphatic heterocycles. The van der Waals surface area contributed by atoms with Gasteiger partial charge in [-0.15, -0.1) is 0 Å². The van der Waals surface area contributed by atoms with Gasteiger partial charge in [-0.25, -0.2) is 0 Å². The number of nitrogens with zero attached hydrogens (tertiary/aromatic N) is 1. The van der Waals surface area contributed by atoms with Gasteiger partial charge in [-0.05, 0) is 30.7 Å². The lowest BCUT2D eigenvalue weighted by Gasteiger charge is -2.00. The zero-order valence-corrected chi connectivity index (χ0v) is 8.03. The maximum absolute atomic E-state index is 5.25. The Morgan fingerprint density at radius 1 is 1.29 bits per heavy atom. The molecule has 70 valence electrons. The van der Waals surface area contributed by atoms with Crippen molar-refractivity contribution in [3.05, 3.63) is 41.6 Å². The number of pyridine rings is 1. The van der Waals surface area contributed by atoms with Gasteiger partial charge in [0.2, 0.25) is 0 Å². The van der Waals surface area contributed by atoms with Crippen LogP contribution in [-0.4, -0.2) is 11.6 Å². The Morgan fingerprint density at radius 2 is 2.14 bits per heavy atom. The van der Waals surface area contributed by atoms with Gasteiger partial charge in [-0.1, -0.05) is 12.1 Å². The summed E-state index contributed by atoms with van der Waals surface area (Å²) in [5.74, 6) is 0. The van der Waals surface area contributed by atoms with Gasteiger partial charge in [0.15, 0.2) is 0 Å². The lowest BCUT2D eigenvalue weighted by molar-refractivity contribution is 0.416. The van der Waals surface area contributed by atoms with Gasteiger partial charge in [0.05, 0.1) is 12.1 Å². The van der Waals surface area contributed by atoms with Crippen LogP contribution in [0.1, 0.15) is 17.4 Å². The molecule has 2 aromatic rings. The van der Waals surface area contributed by atoms with Crippen LogP contribution in [0.5, 0.6) is 0 Å². The number of ether oxygens (including phenoxy) is 1. The SMILES string of the molecule is Cc1ccc2cc(C3CO3)ccc2n1. The van der Waals surface area contributed by atoms with Crippen LogP contribution in [0.25, 0.3) is 10.9 Å². The third-order valence-corrected chi connectivity index (χ3v) is 2.56. The summed E-state index contributed by atoms with van der Waals surface area (Å²) in [6.45, 7) is 2.88. The first-order chi connectivity index (χ1) is 6.83. The minimum Gasteiger partial charge on any atom is -0.368 e. The number of hydrogen-bond donors (Lipinski definition) is 0. The maximum atomic E-state index is 5.25. The molecule has 0 aliphatic carbocycles. The number of aryl methyl sites for hydroxylation is 1. The molecule has 0 bridgehead atoms. The van der Waals surface area contributed by atoms with E-state index in [4.69, 9.17) is 4.74 Å². The van der Waals surface area contributed by atoms with Crippen molar-refractivity contribution in [2.24, 2.45) is 0 Å². The fourth-order valence-corrected chi connectivity index (χ4v) is 1.69. The molecule has 0 spiro atoms. The summed E-state index contributed by atoms with van der Waals surface area (Å²) in [7, 11) is 0. The number of rotatable bonds is 1. The minimum absolute atomic E-state index is 0.334. The first-order valence-electron chi connectivity index (χ1n) is 4.82. The maximum Gasteiger partial charge on any atom is 0.106 e. The van der Waals surface area contributed by atoms with E-state index in [0.29, 0.717) is 6.10 Å². The van der Waals surface area contributed by atoms with Gasteiger partial charge in [-0.2, -0.15) is 0 Å². The number of hydrogen-bond acceptors (Lipinski definition) is 2. The molecule has 1 atom stereocenters. The summed E-state index contributed by atoms with van der Waals surface area (Å²) < 4.78 is 5.25. The molecule has 1 unspecified atom stereocenters. The molecule has 0 saturated carbocycles. The van der Waals surface area contributed by atoms with Gasteiger partial charge in [0.1, 0.15) is 6.10 Å². The highest BCUT2D eigenvalue weighted by molar-refractivity contribution is 5.79. The summed E-state index contributed by atoms with van der Waals surface area (Å²) in [5, 5.41) is 1.20. The number of fused-ring (bicyclic) bond motifs is 1. The second kappa shape index (κ2) is 2.79. The van der Waals surface area contributed by atoms with Crippen molar-refractivity contribution in [1.82, 2.24) is 4.98 Å². The van der Waals surface area contributed by atoms with Crippen LogP contribution in [-0.2, 0) is 4.74 Å². The van der Waals surface area contributed by atoms with Crippen LogP contribution >= 0.6 is 0 Å². The van der Waals surface area contributed by atoms with E-state index in [1.807, 2.05) is 13.0 Å². The standard InChI is InChI=1S/C12H11NO/c1-8-2-3-9-6-10(12-7-14-12)4-5-11(9)13-8/h2-6,12H,7H2,1H3. The van der Waals surface area contributed by atoms with Crippen LogP contribution in [0, 0.1) is 6.92 Å². The molecule has 1 saturated heterocycles. The number of benzene rings is 1. The largest absolute Gasteiger partial charge is 0.368 e. The fourth-order valence-electron chi connectivity index (χ4n) is 1.69. The Hall–Kier alpha value is -1.41. The average Bonchev–Trinajstić information content (AvgIpc) is 3.00. The summed E-state index contributed by atoms with van der Waals surface area (Å²) >= 11 is 0. The molecule has 0 N–H and O–H groups in total. The molecule has 1 fully saturated rings. The highest BCUT2D eigenvalue weighted by atomic mass is 16.6. The summed E-state index contributed by atoms with van der Waals surface area (Å²) in [6.07, 6.45) is 0.334. The monoisotopic (exact) mass is 185 g/mol. The van der Waals surface area contributed by atoms with Crippen molar-refractivity contribution in [3.63, 3.8) is 0 Å². The zero-order chi connectivity index (χ0) is 9.54. The van der Waals surface area contributed by atoms with E-state index >= 15 is 0 Å². The van der Waals surface area contributed by atoms with Crippen LogP contribution in [0.2, 0.25) is 0 Å². The fraction of sp³-hybridized carbons (Fsp3) is 0.250. The second-order valence-corrected chi connectivity index (χ2v) is 3.73. The van der Waals surface area contributed by atoms with Gasteiger partial charge >= 0.3 is 0 Å². The Bertz CT molecular complexity index is 489. The molecule has 1 aromatic carbocycles. The molecule has 2 heteroatoms. The third-order valence-electron chi connectivity index (χ3n) is 2.56. The molecule has 1 aliphatic rings. The van der Waals surface area contributed by atoms with E-state index < -0.39 is 0 Å². The van der Waals surface area contributed by atoms with Crippen molar-refractivity contribution in [2.45, 2.75) is 13.0 Å². The Kier molecular flexibility index (Phi) is 1.58. The van der Waals surface area contributed by atoms with Gasteiger partial charge < -0.3 is 4.74 Å². The lowest BCUT2D eigenvalue weighted by Crippen LogP contribution is -1.85. The van der Waals surface area contributed by atoms with Crippen molar-refractivity contribution in [2.75, 3.05) is 6.61 Å². The van der Waals surface area contributed by atoms with Crippen molar-refractivity contribution < 1.29 is 4.74 Å². The van der Waals surface area contributed by atoms with E-state index in [1.54, 1.807) is 0 Å². The first kappa shape index (κ1) is 7.94. The number of aromatic nitrogens is 1. The van der Waals surface area contributed by atoms with Gasteiger partial charge in [0, 0.05) is 11.1 Å². The summed E-state index contributed by atoms with van der Waals surface area (Å²) in [5.41, 5.74) is 3.39. The van der Waals surface area contributed by atoms with Crippen LogP contribution in [0.15, 0.2) is 30.3 Å². The van der Waals surface area contributed by atoms with E-state index in [2.05, 4.69) is 29.2 Å². The van der Waals surface area contributed by atoms with Crippen LogP contribution in [0.4, 0.5) is 0 Å². The van der Waals surface area contributed by atoms with Crippen LogP contribution in [0.3, 0.4) is 0 Å². The Balaban J connectivity index is 2.18. The van der Waals surface area contributed by atoms with Crippen molar-refractivity contribution in [1.29, 1.82) is 0 Å². The zero-order valence-electron chi connectivity index (χ0n) is 8.03. The Labute approximate surface area is 82.5 Å². The highest BCUT2D eigenvalue weighted by Gasteiger charge is 2.24. The van der Waals surface area contributed by atoms with Crippen LogP contribution < -0.4 is 0 Å². The molecule has 2 heterocycles. The molecule has 3 rings (SSSR count). The first-order valence-corrected chi connectivity index (χ1v) is 4.82. The molecular weight excluding hydrogens is 174 g/mol.